The van der Waals surface area contributed by atoms with E-state index in [1.165, 1.54) is 38.5 Å². The zero-order chi connectivity index (χ0) is 10.9. The summed E-state index contributed by atoms with van der Waals surface area (Å²) in [7, 11) is 1.70. The summed E-state index contributed by atoms with van der Waals surface area (Å²) in [5.41, 5.74) is 5.95. The Bertz CT molecular complexity index is 153. The molecule has 3 nitrogen and oxygen atoms in total. The third-order valence-corrected chi connectivity index (χ3v) is 3.16. The van der Waals surface area contributed by atoms with Crippen molar-refractivity contribution in [2.45, 2.75) is 44.6 Å². The number of rotatable bonds is 7. The van der Waals surface area contributed by atoms with Gasteiger partial charge in [-0.2, -0.15) is 0 Å². The van der Waals surface area contributed by atoms with Crippen LogP contribution in [-0.4, -0.2) is 33.0 Å². The summed E-state index contributed by atoms with van der Waals surface area (Å²) in [6.07, 6.45) is 7.57. The van der Waals surface area contributed by atoms with Gasteiger partial charge in [0.2, 0.25) is 0 Å². The molecule has 1 aliphatic rings. The molecule has 90 valence electrons. The molecule has 0 aromatic heterocycles. The zero-order valence-electron chi connectivity index (χ0n) is 9.91. The van der Waals surface area contributed by atoms with Crippen LogP contribution in [0.15, 0.2) is 0 Å². The van der Waals surface area contributed by atoms with Crippen molar-refractivity contribution >= 4 is 0 Å². The van der Waals surface area contributed by atoms with Crippen molar-refractivity contribution in [3.05, 3.63) is 0 Å². The van der Waals surface area contributed by atoms with Gasteiger partial charge in [0, 0.05) is 19.8 Å². The Labute approximate surface area is 93.3 Å². The summed E-state index contributed by atoms with van der Waals surface area (Å²) < 4.78 is 10.3. The first-order valence-electron chi connectivity index (χ1n) is 6.15. The van der Waals surface area contributed by atoms with E-state index in [2.05, 4.69) is 0 Å². The minimum atomic E-state index is 0.457. The van der Waals surface area contributed by atoms with Crippen LogP contribution in [0.3, 0.4) is 0 Å². The topological polar surface area (TPSA) is 44.5 Å². The van der Waals surface area contributed by atoms with E-state index in [1.54, 1.807) is 7.11 Å². The molecule has 0 bridgehead atoms. The lowest BCUT2D eigenvalue weighted by atomic mass is 9.83. The van der Waals surface area contributed by atoms with Gasteiger partial charge in [-0.15, -0.1) is 0 Å². The molecule has 2 unspecified atom stereocenters. The molecular weight excluding hydrogens is 190 g/mol. The summed E-state index contributed by atoms with van der Waals surface area (Å²) >= 11 is 0. The van der Waals surface area contributed by atoms with Gasteiger partial charge in [-0.1, -0.05) is 12.8 Å². The summed E-state index contributed by atoms with van der Waals surface area (Å²) in [4.78, 5) is 0. The lowest BCUT2D eigenvalue weighted by Crippen LogP contribution is -2.27. The minimum Gasteiger partial charge on any atom is -0.382 e. The molecule has 1 fully saturated rings. The zero-order valence-corrected chi connectivity index (χ0v) is 9.91. The maximum atomic E-state index is 5.95. The molecule has 2 atom stereocenters. The second kappa shape index (κ2) is 8.08. The van der Waals surface area contributed by atoms with Crippen LogP contribution in [0.2, 0.25) is 0 Å². The van der Waals surface area contributed by atoms with Crippen LogP contribution in [0.25, 0.3) is 0 Å². The van der Waals surface area contributed by atoms with Crippen LogP contribution < -0.4 is 5.73 Å². The SMILES string of the molecule is COCCOCCCC1CCCC(N)C1. The van der Waals surface area contributed by atoms with E-state index in [9.17, 15) is 0 Å². The second-order valence-corrected chi connectivity index (χ2v) is 4.54. The first-order valence-corrected chi connectivity index (χ1v) is 6.15. The van der Waals surface area contributed by atoms with Crippen LogP contribution >= 0.6 is 0 Å². The maximum Gasteiger partial charge on any atom is 0.0700 e. The highest BCUT2D eigenvalue weighted by molar-refractivity contribution is 4.74. The molecule has 1 aliphatic carbocycles. The van der Waals surface area contributed by atoms with E-state index in [0.717, 1.165) is 19.1 Å². The minimum absolute atomic E-state index is 0.457. The Morgan fingerprint density at radius 3 is 2.80 bits per heavy atom. The first kappa shape index (κ1) is 12.9. The number of hydrogen-bond acceptors (Lipinski definition) is 3. The van der Waals surface area contributed by atoms with Crippen molar-refractivity contribution < 1.29 is 9.47 Å². The van der Waals surface area contributed by atoms with Crippen LogP contribution in [0.1, 0.15) is 38.5 Å². The van der Waals surface area contributed by atoms with Crippen molar-refractivity contribution in [3.63, 3.8) is 0 Å². The number of ether oxygens (including phenoxy) is 2. The molecule has 1 saturated carbocycles. The second-order valence-electron chi connectivity index (χ2n) is 4.54. The summed E-state index contributed by atoms with van der Waals surface area (Å²) in [5, 5.41) is 0. The van der Waals surface area contributed by atoms with Gasteiger partial charge in [-0.25, -0.2) is 0 Å². The standard InChI is InChI=1S/C12H25NO2/c1-14-8-9-15-7-3-5-11-4-2-6-12(13)10-11/h11-12H,2-10,13H2,1H3. The van der Waals surface area contributed by atoms with E-state index in [1.807, 2.05) is 0 Å². The summed E-state index contributed by atoms with van der Waals surface area (Å²) in [5.74, 6) is 0.847. The molecule has 0 aromatic carbocycles. The monoisotopic (exact) mass is 215 g/mol. The van der Waals surface area contributed by atoms with E-state index in [-0.39, 0.29) is 0 Å². The highest BCUT2D eigenvalue weighted by atomic mass is 16.5. The Hall–Kier alpha value is -0.120. The average molecular weight is 215 g/mol. The van der Waals surface area contributed by atoms with Crippen LogP contribution in [0.5, 0.6) is 0 Å². The van der Waals surface area contributed by atoms with Gasteiger partial charge in [0.25, 0.3) is 0 Å². The number of nitrogens with two attached hydrogens (primary N) is 1. The highest BCUT2D eigenvalue weighted by Gasteiger charge is 2.18. The van der Waals surface area contributed by atoms with Crippen molar-refractivity contribution in [1.82, 2.24) is 0 Å². The van der Waals surface area contributed by atoms with E-state index in [0.29, 0.717) is 12.6 Å². The molecule has 0 heterocycles. The Morgan fingerprint density at radius 2 is 2.07 bits per heavy atom. The van der Waals surface area contributed by atoms with Gasteiger partial charge in [0.1, 0.15) is 0 Å². The molecule has 0 aliphatic heterocycles. The van der Waals surface area contributed by atoms with Gasteiger partial charge in [-0.05, 0) is 31.6 Å². The molecule has 0 spiro atoms. The van der Waals surface area contributed by atoms with Gasteiger partial charge < -0.3 is 15.2 Å². The van der Waals surface area contributed by atoms with Crippen molar-refractivity contribution in [2.75, 3.05) is 26.9 Å². The lowest BCUT2D eigenvalue weighted by molar-refractivity contribution is 0.0663. The molecule has 0 amide bonds. The fraction of sp³-hybridized carbons (Fsp3) is 1.00. The van der Waals surface area contributed by atoms with Gasteiger partial charge >= 0.3 is 0 Å². The Morgan fingerprint density at radius 1 is 1.20 bits per heavy atom. The van der Waals surface area contributed by atoms with E-state index in [4.69, 9.17) is 15.2 Å². The molecule has 0 saturated heterocycles. The Kier molecular flexibility index (Phi) is 6.98. The molecular formula is C12H25NO2. The largest absolute Gasteiger partial charge is 0.382 e. The number of hydrogen-bond donors (Lipinski definition) is 1. The third kappa shape index (κ3) is 6.13. The first-order chi connectivity index (χ1) is 7.33. The lowest BCUT2D eigenvalue weighted by Gasteiger charge is -2.26. The normalized spacial score (nSPS) is 26.8. The van der Waals surface area contributed by atoms with Gasteiger partial charge in [-0.3, -0.25) is 0 Å². The van der Waals surface area contributed by atoms with Crippen molar-refractivity contribution in [2.24, 2.45) is 11.7 Å². The van der Waals surface area contributed by atoms with Crippen LogP contribution in [0.4, 0.5) is 0 Å². The maximum absolute atomic E-state index is 5.95. The molecule has 1 rings (SSSR count). The smallest absolute Gasteiger partial charge is 0.0700 e. The Balaban J connectivity index is 1.90. The molecule has 0 aromatic rings. The third-order valence-electron chi connectivity index (χ3n) is 3.16. The van der Waals surface area contributed by atoms with E-state index < -0.39 is 0 Å². The van der Waals surface area contributed by atoms with Crippen molar-refractivity contribution in [1.29, 1.82) is 0 Å². The van der Waals surface area contributed by atoms with Gasteiger partial charge in [0.05, 0.1) is 13.2 Å². The quantitative estimate of drug-likeness (QED) is 0.660. The molecule has 3 heteroatoms. The molecule has 15 heavy (non-hydrogen) atoms. The number of methoxy groups -OCH3 is 1. The van der Waals surface area contributed by atoms with Crippen LogP contribution in [-0.2, 0) is 9.47 Å². The fourth-order valence-corrected chi connectivity index (χ4v) is 2.31. The average Bonchev–Trinajstić information content (AvgIpc) is 2.23. The van der Waals surface area contributed by atoms with Crippen molar-refractivity contribution in [3.8, 4) is 0 Å². The predicted octanol–water partition coefficient (Wildman–Crippen LogP) is 1.95. The van der Waals surface area contributed by atoms with Gasteiger partial charge in [0.15, 0.2) is 0 Å². The van der Waals surface area contributed by atoms with E-state index >= 15 is 0 Å². The summed E-state index contributed by atoms with van der Waals surface area (Å²) in [6, 6.07) is 0.457. The predicted molar refractivity (Wildman–Crippen MR) is 61.9 cm³/mol. The summed E-state index contributed by atoms with van der Waals surface area (Å²) in [6.45, 7) is 2.30. The molecule has 0 radical (unpaired) electrons. The van der Waals surface area contributed by atoms with Crippen LogP contribution in [0, 0.1) is 5.92 Å². The highest BCUT2D eigenvalue weighted by Crippen LogP contribution is 2.26. The fourth-order valence-electron chi connectivity index (χ4n) is 2.31. The molecule has 2 N–H and O–H groups in total.